The van der Waals surface area contributed by atoms with Crippen molar-refractivity contribution >= 4 is 28.9 Å². The highest BCUT2D eigenvalue weighted by atomic mass is 35.5. The molecule has 0 aliphatic rings. The van der Waals surface area contributed by atoms with Crippen LogP contribution in [0.4, 0.5) is 15.8 Å². The van der Waals surface area contributed by atoms with Crippen molar-refractivity contribution in [3.05, 3.63) is 58.9 Å². The summed E-state index contributed by atoms with van der Waals surface area (Å²) in [5.41, 5.74) is 2.31. The van der Waals surface area contributed by atoms with Gasteiger partial charge in [-0.05, 0) is 42.8 Å². The quantitative estimate of drug-likeness (QED) is 0.899. The number of nitrogens with one attached hydrogen (secondary N) is 2. The Balaban J connectivity index is 1.90. The fraction of sp³-hybridized carbons (Fsp3) is 0.133. The van der Waals surface area contributed by atoms with E-state index in [1.54, 1.807) is 6.07 Å². The molecule has 0 heterocycles. The number of hydrogen-bond donors (Lipinski definition) is 2. The molecule has 0 aliphatic carbocycles. The average molecular weight is 293 g/mol. The van der Waals surface area contributed by atoms with E-state index in [0.717, 1.165) is 11.3 Å². The van der Waals surface area contributed by atoms with Crippen LogP contribution in [0.5, 0.6) is 0 Å². The van der Waals surface area contributed by atoms with Gasteiger partial charge in [-0.3, -0.25) is 4.79 Å². The largest absolute Gasteiger partial charge is 0.376 e. The minimum absolute atomic E-state index is 0.0506. The topological polar surface area (TPSA) is 41.1 Å². The van der Waals surface area contributed by atoms with Crippen LogP contribution in [-0.4, -0.2) is 12.5 Å². The van der Waals surface area contributed by atoms with Crippen LogP contribution < -0.4 is 10.6 Å². The maximum absolute atomic E-state index is 13.2. The molecule has 104 valence electrons. The molecule has 0 atom stereocenters. The molecule has 0 fully saturated rings. The van der Waals surface area contributed by atoms with Gasteiger partial charge in [0.2, 0.25) is 5.91 Å². The lowest BCUT2D eigenvalue weighted by Crippen LogP contribution is -2.21. The molecule has 0 unspecified atom stereocenters. The summed E-state index contributed by atoms with van der Waals surface area (Å²) in [4.78, 5) is 11.8. The third-order valence-electron chi connectivity index (χ3n) is 2.67. The Hall–Kier alpha value is -2.07. The Morgan fingerprint density at radius 3 is 2.70 bits per heavy atom. The molecule has 0 radical (unpaired) electrons. The van der Waals surface area contributed by atoms with Gasteiger partial charge >= 0.3 is 0 Å². The SMILES string of the molecule is Cc1cccc(NC(=O)CNc2ccc(Cl)c(F)c2)c1. The Kier molecular flexibility index (Phi) is 4.58. The number of carbonyl (C=O) groups is 1. The van der Waals surface area contributed by atoms with E-state index in [1.807, 2.05) is 31.2 Å². The number of carbonyl (C=O) groups excluding carboxylic acids is 1. The van der Waals surface area contributed by atoms with Crippen LogP contribution in [0.3, 0.4) is 0 Å². The van der Waals surface area contributed by atoms with Gasteiger partial charge in [-0.25, -0.2) is 4.39 Å². The van der Waals surface area contributed by atoms with Crippen LogP contribution in [0.1, 0.15) is 5.56 Å². The standard InChI is InChI=1S/C15H14ClFN2O/c1-10-3-2-4-12(7-10)19-15(20)9-18-11-5-6-13(16)14(17)8-11/h2-8,18H,9H2,1H3,(H,19,20). The first-order valence-electron chi connectivity index (χ1n) is 6.10. The van der Waals surface area contributed by atoms with Gasteiger partial charge in [-0.2, -0.15) is 0 Å². The van der Waals surface area contributed by atoms with Crippen LogP contribution in [0.25, 0.3) is 0 Å². The van der Waals surface area contributed by atoms with Crippen molar-refractivity contribution in [3.8, 4) is 0 Å². The van der Waals surface area contributed by atoms with Gasteiger partial charge in [-0.1, -0.05) is 23.7 Å². The molecule has 2 N–H and O–H groups in total. The molecule has 0 aliphatic heterocycles. The molecule has 0 spiro atoms. The highest BCUT2D eigenvalue weighted by molar-refractivity contribution is 6.30. The number of benzene rings is 2. The van der Waals surface area contributed by atoms with Crippen molar-refractivity contribution in [3.63, 3.8) is 0 Å². The monoisotopic (exact) mass is 292 g/mol. The molecule has 0 aromatic heterocycles. The molecule has 3 nitrogen and oxygen atoms in total. The number of rotatable bonds is 4. The smallest absolute Gasteiger partial charge is 0.243 e. The Morgan fingerprint density at radius 2 is 2.00 bits per heavy atom. The summed E-state index contributed by atoms with van der Waals surface area (Å²) in [5, 5.41) is 5.65. The Morgan fingerprint density at radius 1 is 1.20 bits per heavy atom. The van der Waals surface area contributed by atoms with Crippen molar-refractivity contribution in [2.45, 2.75) is 6.92 Å². The summed E-state index contributed by atoms with van der Waals surface area (Å²) >= 11 is 5.58. The van der Waals surface area contributed by atoms with Crippen molar-refractivity contribution < 1.29 is 9.18 Å². The summed E-state index contributed by atoms with van der Waals surface area (Å²) < 4.78 is 13.2. The third-order valence-corrected chi connectivity index (χ3v) is 2.98. The number of amides is 1. The van der Waals surface area contributed by atoms with Gasteiger partial charge in [0, 0.05) is 11.4 Å². The first kappa shape index (κ1) is 14.3. The fourth-order valence-electron chi connectivity index (χ4n) is 1.72. The van der Waals surface area contributed by atoms with Crippen molar-refractivity contribution in [2.75, 3.05) is 17.2 Å². The minimum atomic E-state index is -0.518. The van der Waals surface area contributed by atoms with Gasteiger partial charge < -0.3 is 10.6 Å². The van der Waals surface area contributed by atoms with Gasteiger partial charge in [-0.15, -0.1) is 0 Å². The molecule has 2 aromatic rings. The predicted octanol–water partition coefficient (Wildman–Crippen LogP) is 3.84. The summed E-state index contributed by atoms with van der Waals surface area (Å²) in [5.74, 6) is -0.721. The molecule has 1 amide bonds. The van der Waals surface area contributed by atoms with Gasteiger partial charge in [0.15, 0.2) is 0 Å². The highest BCUT2D eigenvalue weighted by Crippen LogP contribution is 2.18. The maximum atomic E-state index is 13.2. The molecular formula is C15H14ClFN2O. The minimum Gasteiger partial charge on any atom is -0.376 e. The summed E-state index contributed by atoms with van der Waals surface area (Å²) in [6, 6.07) is 11.8. The molecule has 20 heavy (non-hydrogen) atoms. The van der Waals surface area contributed by atoms with E-state index < -0.39 is 5.82 Å². The second kappa shape index (κ2) is 6.39. The van der Waals surface area contributed by atoms with Crippen LogP contribution in [0.2, 0.25) is 5.02 Å². The zero-order chi connectivity index (χ0) is 14.5. The first-order chi connectivity index (χ1) is 9.54. The predicted molar refractivity (Wildman–Crippen MR) is 79.7 cm³/mol. The lowest BCUT2D eigenvalue weighted by atomic mass is 10.2. The highest BCUT2D eigenvalue weighted by Gasteiger charge is 2.04. The fourth-order valence-corrected chi connectivity index (χ4v) is 1.83. The van der Waals surface area contributed by atoms with E-state index in [-0.39, 0.29) is 17.5 Å². The van der Waals surface area contributed by atoms with E-state index in [0.29, 0.717) is 5.69 Å². The molecule has 0 saturated carbocycles. The van der Waals surface area contributed by atoms with Crippen LogP contribution in [-0.2, 0) is 4.79 Å². The summed E-state index contributed by atoms with van der Waals surface area (Å²) in [6.45, 7) is 2.00. The molecular weight excluding hydrogens is 279 g/mol. The van der Waals surface area contributed by atoms with E-state index in [2.05, 4.69) is 10.6 Å². The lowest BCUT2D eigenvalue weighted by Gasteiger charge is -2.08. The van der Waals surface area contributed by atoms with Gasteiger partial charge in [0.1, 0.15) is 5.82 Å². The second-order valence-corrected chi connectivity index (χ2v) is 4.81. The number of hydrogen-bond acceptors (Lipinski definition) is 2. The summed E-state index contributed by atoms with van der Waals surface area (Å²) in [7, 11) is 0. The maximum Gasteiger partial charge on any atom is 0.243 e. The van der Waals surface area contributed by atoms with E-state index in [9.17, 15) is 9.18 Å². The Bertz CT molecular complexity index is 631. The Labute approximate surface area is 121 Å². The van der Waals surface area contributed by atoms with E-state index >= 15 is 0 Å². The third kappa shape index (κ3) is 3.96. The van der Waals surface area contributed by atoms with Gasteiger partial charge in [0.05, 0.1) is 11.6 Å². The van der Waals surface area contributed by atoms with Gasteiger partial charge in [0.25, 0.3) is 0 Å². The second-order valence-electron chi connectivity index (χ2n) is 4.40. The van der Waals surface area contributed by atoms with E-state index in [4.69, 9.17) is 11.6 Å². The van der Waals surface area contributed by atoms with Crippen molar-refractivity contribution in [1.29, 1.82) is 0 Å². The van der Waals surface area contributed by atoms with Crippen LogP contribution in [0, 0.1) is 12.7 Å². The molecule has 0 bridgehead atoms. The molecule has 0 saturated heterocycles. The van der Waals surface area contributed by atoms with Crippen molar-refractivity contribution in [1.82, 2.24) is 0 Å². The zero-order valence-electron chi connectivity index (χ0n) is 10.9. The van der Waals surface area contributed by atoms with Crippen LogP contribution >= 0.6 is 11.6 Å². The normalized spacial score (nSPS) is 10.2. The first-order valence-corrected chi connectivity index (χ1v) is 6.48. The van der Waals surface area contributed by atoms with E-state index in [1.165, 1.54) is 12.1 Å². The molecule has 2 rings (SSSR count). The average Bonchev–Trinajstić information content (AvgIpc) is 2.40. The number of anilines is 2. The summed E-state index contributed by atoms with van der Waals surface area (Å²) in [6.07, 6.45) is 0. The lowest BCUT2D eigenvalue weighted by molar-refractivity contribution is -0.114. The zero-order valence-corrected chi connectivity index (χ0v) is 11.7. The number of halogens is 2. The van der Waals surface area contributed by atoms with Crippen LogP contribution in [0.15, 0.2) is 42.5 Å². The van der Waals surface area contributed by atoms with Crippen molar-refractivity contribution in [2.24, 2.45) is 0 Å². The molecule has 2 aromatic carbocycles. The molecule has 5 heteroatoms. The number of aryl methyl sites for hydroxylation is 1.